The average Bonchev–Trinajstić information content (AvgIpc) is 2.40. The quantitative estimate of drug-likeness (QED) is 0.776. The highest BCUT2D eigenvalue weighted by atomic mass is 16.6. The van der Waals surface area contributed by atoms with Gasteiger partial charge in [0.2, 0.25) is 0 Å². The minimum Gasteiger partial charge on any atom is -0.459 e. The van der Waals surface area contributed by atoms with E-state index in [-0.39, 0.29) is 11.9 Å². The number of benzene rings is 2. The van der Waals surface area contributed by atoms with E-state index in [0.717, 1.165) is 11.1 Å². The van der Waals surface area contributed by atoms with E-state index >= 15 is 0 Å². The molecule has 0 aliphatic carbocycles. The maximum Gasteiger partial charge on any atom is 0.318 e. The van der Waals surface area contributed by atoms with Gasteiger partial charge in [-0.25, -0.2) is 0 Å². The van der Waals surface area contributed by atoms with Crippen LogP contribution < -0.4 is 0 Å². The lowest BCUT2D eigenvalue weighted by atomic mass is 9.90. The summed E-state index contributed by atoms with van der Waals surface area (Å²) in [6.45, 7) is 7.71. The van der Waals surface area contributed by atoms with Crippen LogP contribution in [0.5, 0.6) is 0 Å². The summed E-state index contributed by atoms with van der Waals surface area (Å²) in [5, 5.41) is 0. The summed E-state index contributed by atoms with van der Waals surface area (Å²) in [6.07, 6.45) is 0. The summed E-state index contributed by atoms with van der Waals surface area (Å²) in [4.78, 5) is 12.6. The normalized spacial score (nSPS) is 12.8. The lowest BCUT2D eigenvalue weighted by Gasteiger charge is -2.24. The maximum absolute atomic E-state index is 12.6. The standard InChI is InChI=1S/C19H22O2/c1-14-10-12-16(13-11-14)17(15-8-6-5-7-9-15)18(20)21-19(2,3)4/h5-13,17H,1-4H3. The van der Waals surface area contributed by atoms with Crippen LogP contribution >= 0.6 is 0 Å². The lowest BCUT2D eigenvalue weighted by Crippen LogP contribution is -2.28. The van der Waals surface area contributed by atoms with Crippen LogP contribution in [-0.4, -0.2) is 11.6 Å². The van der Waals surface area contributed by atoms with E-state index in [1.54, 1.807) is 0 Å². The van der Waals surface area contributed by atoms with Crippen LogP contribution in [0.15, 0.2) is 54.6 Å². The smallest absolute Gasteiger partial charge is 0.318 e. The highest BCUT2D eigenvalue weighted by Crippen LogP contribution is 2.28. The molecule has 0 N–H and O–H groups in total. The molecular formula is C19H22O2. The van der Waals surface area contributed by atoms with Gasteiger partial charge in [0.15, 0.2) is 0 Å². The van der Waals surface area contributed by atoms with Gasteiger partial charge < -0.3 is 4.74 Å². The van der Waals surface area contributed by atoms with Gasteiger partial charge in [-0.15, -0.1) is 0 Å². The molecule has 2 aromatic rings. The van der Waals surface area contributed by atoms with Gasteiger partial charge in [0.25, 0.3) is 0 Å². The molecule has 1 atom stereocenters. The molecule has 2 rings (SSSR count). The number of carbonyl (C=O) groups is 1. The van der Waals surface area contributed by atoms with Gasteiger partial charge in [-0.2, -0.15) is 0 Å². The molecular weight excluding hydrogens is 260 g/mol. The van der Waals surface area contributed by atoms with Crippen LogP contribution in [0.1, 0.15) is 43.4 Å². The third-order valence-corrected chi connectivity index (χ3v) is 3.19. The zero-order valence-corrected chi connectivity index (χ0v) is 13.1. The van der Waals surface area contributed by atoms with Crippen molar-refractivity contribution in [3.05, 3.63) is 71.3 Å². The van der Waals surface area contributed by atoms with E-state index in [9.17, 15) is 4.79 Å². The maximum atomic E-state index is 12.6. The topological polar surface area (TPSA) is 26.3 Å². The summed E-state index contributed by atoms with van der Waals surface area (Å²) in [6, 6.07) is 17.8. The van der Waals surface area contributed by atoms with E-state index in [0.29, 0.717) is 0 Å². The molecule has 0 amide bonds. The van der Waals surface area contributed by atoms with Crippen LogP contribution in [0.4, 0.5) is 0 Å². The van der Waals surface area contributed by atoms with E-state index < -0.39 is 5.60 Å². The Morgan fingerprint density at radius 3 is 1.95 bits per heavy atom. The molecule has 1 unspecified atom stereocenters. The number of ether oxygens (including phenoxy) is 1. The molecule has 0 spiro atoms. The van der Waals surface area contributed by atoms with E-state index in [2.05, 4.69) is 0 Å². The zero-order chi connectivity index (χ0) is 15.5. The molecule has 110 valence electrons. The van der Waals surface area contributed by atoms with Crippen LogP contribution in [0.3, 0.4) is 0 Å². The molecule has 0 aromatic heterocycles. The van der Waals surface area contributed by atoms with Crippen molar-refractivity contribution in [1.82, 2.24) is 0 Å². The molecule has 0 radical (unpaired) electrons. The molecule has 0 aliphatic heterocycles. The molecule has 2 heteroatoms. The van der Waals surface area contributed by atoms with Gasteiger partial charge in [-0.05, 0) is 38.8 Å². The Labute approximate surface area is 126 Å². The molecule has 0 heterocycles. The van der Waals surface area contributed by atoms with Gasteiger partial charge in [-0.1, -0.05) is 60.2 Å². The van der Waals surface area contributed by atoms with Crippen molar-refractivity contribution in [2.45, 2.75) is 39.2 Å². The number of carbonyl (C=O) groups excluding carboxylic acids is 1. The number of rotatable bonds is 3. The zero-order valence-electron chi connectivity index (χ0n) is 13.1. The van der Waals surface area contributed by atoms with Gasteiger partial charge in [0.1, 0.15) is 11.5 Å². The molecule has 0 fully saturated rings. The fourth-order valence-electron chi connectivity index (χ4n) is 2.23. The Bertz CT molecular complexity index is 592. The Morgan fingerprint density at radius 2 is 1.43 bits per heavy atom. The SMILES string of the molecule is Cc1ccc(C(C(=O)OC(C)(C)C)c2ccccc2)cc1. The average molecular weight is 282 g/mol. The van der Waals surface area contributed by atoms with Crippen molar-refractivity contribution in [3.8, 4) is 0 Å². The Kier molecular flexibility index (Phi) is 4.46. The van der Waals surface area contributed by atoms with Crippen molar-refractivity contribution in [1.29, 1.82) is 0 Å². The predicted octanol–water partition coefficient (Wildman–Crippen LogP) is 4.47. The summed E-state index contributed by atoms with van der Waals surface area (Å²) in [5.41, 5.74) is 2.60. The minimum absolute atomic E-state index is 0.211. The highest BCUT2D eigenvalue weighted by Gasteiger charge is 2.27. The van der Waals surface area contributed by atoms with Crippen LogP contribution in [0.2, 0.25) is 0 Å². The number of aryl methyl sites for hydroxylation is 1. The highest BCUT2D eigenvalue weighted by molar-refractivity contribution is 5.82. The Balaban J connectivity index is 2.40. The Hall–Kier alpha value is -2.09. The Morgan fingerprint density at radius 1 is 0.905 bits per heavy atom. The number of esters is 1. The van der Waals surface area contributed by atoms with Crippen LogP contribution in [0.25, 0.3) is 0 Å². The molecule has 0 saturated heterocycles. The van der Waals surface area contributed by atoms with E-state index in [4.69, 9.17) is 4.74 Å². The summed E-state index contributed by atoms with van der Waals surface area (Å²) >= 11 is 0. The van der Waals surface area contributed by atoms with Crippen molar-refractivity contribution in [2.75, 3.05) is 0 Å². The fraction of sp³-hybridized carbons (Fsp3) is 0.316. The first kappa shape index (κ1) is 15.3. The number of hydrogen-bond acceptors (Lipinski definition) is 2. The van der Waals surface area contributed by atoms with Crippen molar-refractivity contribution >= 4 is 5.97 Å². The molecule has 2 aromatic carbocycles. The van der Waals surface area contributed by atoms with Crippen LogP contribution in [0, 0.1) is 6.92 Å². The molecule has 2 nitrogen and oxygen atoms in total. The third kappa shape index (κ3) is 4.19. The van der Waals surface area contributed by atoms with Gasteiger partial charge in [-0.3, -0.25) is 4.79 Å². The van der Waals surface area contributed by atoms with Crippen molar-refractivity contribution < 1.29 is 9.53 Å². The third-order valence-electron chi connectivity index (χ3n) is 3.19. The first-order valence-electron chi connectivity index (χ1n) is 7.21. The van der Waals surface area contributed by atoms with Crippen molar-refractivity contribution in [2.24, 2.45) is 0 Å². The van der Waals surface area contributed by atoms with Gasteiger partial charge >= 0.3 is 5.97 Å². The second-order valence-electron chi connectivity index (χ2n) is 6.29. The molecule has 0 aliphatic rings. The van der Waals surface area contributed by atoms with E-state index in [1.807, 2.05) is 82.3 Å². The van der Waals surface area contributed by atoms with Gasteiger partial charge in [0, 0.05) is 0 Å². The van der Waals surface area contributed by atoms with E-state index in [1.165, 1.54) is 5.56 Å². The van der Waals surface area contributed by atoms with Crippen molar-refractivity contribution in [3.63, 3.8) is 0 Å². The first-order chi connectivity index (χ1) is 9.87. The monoisotopic (exact) mass is 282 g/mol. The lowest BCUT2D eigenvalue weighted by molar-refractivity contribution is -0.155. The summed E-state index contributed by atoms with van der Waals surface area (Å²) < 4.78 is 5.60. The minimum atomic E-state index is -0.491. The summed E-state index contributed by atoms with van der Waals surface area (Å²) in [5.74, 6) is -0.594. The van der Waals surface area contributed by atoms with Gasteiger partial charge in [0.05, 0.1) is 0 Å². The molecule has 21 heavy (non-hydrogen) atoms. The predicted molar refractivity (Wildman–Crippen MR) is 85.3 cm³/mol. The second kappa shape index (κ2) is 6.13. The largest absolute Gasteiger partial charge is 0.459 e. The molecule has 0 saturated carbocycles. The first-order valence-corrected chi connectivity index (χ1v) is 7.21. The second-order valence-corrected chi connectivity index (χ2v) is 6.29. The number of hydrogen-bond donors (Lipinski definition) is 0. The molecule has 0 bridgehead atoms. The van der Waals surface area contributed by atoms with Crippen LogP contribution in [-0.2, 0) is 9.53 Å². The fourth-order valence-corrected chi connectivity index (χ4v) is 2.23. The summed E-state index contributed by atoms with van der Waals surface area (Å²) in [7, 11) is 0.